The SMILES string of the molecule is COc1cc(-c2nc3c(C#N)c[nH]n3c(=O)c2C(C)C)ccc1C#N. The predicted molar refractivity (Wildman–Crippen MR) is 91.3 cm³/mol. The molecule has 0 unspecified atom stereocenters. The van der Waals surface area contributed by atoms with E-state index in [1.54, 1.807) is 18.2 Å². The van der Waals surface area contributed by atoms with Crippen LogP contribution < -0.4 is 10.3 Å². The smallest absolute Gasteiger partial charge is 0.276 e. The molecule has 0 radical (unpaired) electrons. The Morgan fingerprint density at radius 1 is 1.24 bits per heavy atom. The van der Waals surface area contributed by atoms with E-state index in [2.05, 4.69) is 16.2 Å². The highest BCUT2D eigenvalue weighted by Crippen LogP contribution is 2.30. The van der Waals surface area contributed by atoms with Crippen molar-refractivity contribution in [3.63, 3.8) is 0 Å². The molecule has 7 heteroatoms. The first-order chi connectivity index (χ1) is 12.0. The number of hydrogen-bond acceptors (Lipinski definition) is 5. The van der Waals surface area contributed by atoms with Gasteiger partial charge in [0.1, 0.15) is 23.5 Å². The van der Waals surface area contributed by atoms with Crippen molar-refractivity contribution in [2.24, 2.45) is 0 Å². The van der Waals surface area contributed by atoms with Crippen molar-refractivity contribution in [1.29, 1.82) is 10.5 Å². The highest BCUT2D eigenvalue weighted by Gasteiger charge is 2.20. The summed E-state index contributed by atoms with van der Waals surface area (Å²) < 4.78 is 6.53. The number of H-pyrrole nitrogens is 1. The molecule has 0 aliphatic heterocycles. The minimum atomic E-state index is -0.250. The largest absolute Gasteiger partial charge is 0.495 e. The van der Waals surface area contributed by atoms with Gasteiger partial charge in [-0.05, 0) is 18.1 Å². The molecule has 0 bridgehead atoms. The fourth-order valence-corrected chi connectivity index (χ4v) is 2.78. The Balaban J connectivity index is 2.39. The standard InChI is InChI=1S/C18H15N5O2/c1-10(2)15-16(11-4-5-12(7-19)14(6-11)25-3)22-17-13(8-20)9-21-23(17)18(15)24/h4-6,9-10,21H,1-3H3. The van der Waals surface area contributed by atoms with Crippen LogP contribution in [0.15, 0.2) is 29.2 Å². The zero-order valence-electron chi connectivity index (χ0n) is 14.0. The maximum absolute atomic E-state index is 12.9. The highest BCUT2D eigenvalue weighted by molar-refractivity contribution is 5.70. The molecule has 25 heavy (non-hydrogen) atoms. The Bertz CT molecular complexity index is 1110. The van der Waals surface area contributed by atoms with Crippen LogP contribution in [0.4, 0.5) is 0 Å². The first kappa shape index (κ1) is 16.3. The van der Waals surface area contributed by atoms with Crippen molar-refractivity contribution in [3.8, 4) is 29.1 Å². The molecule has 0 aliphatic carbocycles. The Morgan fingerprint density at radius 3 is 2.56 bits per heavy atom. The average molecular weight is 333 g/mol. The third-order valence-electron chi connectivity index (χ3n) is 3.99. The van der Waals surface area contributed by atoms with Crippen LogP contribution in [-0.4, -0.2) is 21.7 Å². The zero-order chi connectivity index (χ0) is 18.1. The summed E-state index contributed by atoms with van der Waals surface area (Å²) in [6, 6.07) is 9.12. The lowest BCUT2D eigenvalue weighted by Crippen LogP contribution is -2.22. The van der Waals surface area contributed by atoms with Gasteiger partial charge in [0.2, 0.25) is 0 Å². The number of aromatic nitrogens is 3. The highest BCUT2D eigenvalue weighted by atomic mass is 16.5. The van der Waals surface area contributed by atoms with E-state index < -0.39 is 0 Å². The van der Waals surface area contributed by atoms with Crippen LogP contribution >= 0.6 is 0 Å². The van der Waals surface area contributed by atoms with Gasteiger partial charge < -0.3 is 4.74 Å². The topological polar surface area (TPSA) is 107 Å². The second kappa shape index (κ2) is 6.14. The van der Waals surface area contributed by atoms with Gasteiger partial charge in [-0.15, -0.1) is 0 Å². The molecule has 0 aliphatic rings. The number of hydrogen-bond donors (Lipinski definition) is 1. The number of nitrogens with zero attached hydrogens (tertiary/aromatic N) is 4. The molecule has 0 spiro atoms. The first-order valence-electron chi connectivity index (χ1n) is 7.64. The Labute approximate surface area is 143 Å². The molecule has 2 heterocycles. The lowest BCUT2D eigenvalue weighted by molar-refractivity contribution is 0.413. The van der Waals surface area contributed by atoms with Gasteiger partial charge in [-0.2, -0.15) is 10.5 Å². The van der Waals surface area contributed by atoms with Gasteiger partial charge >= 0.3 is 0 Å². The molecular weight excluding hydrogens is 318 g/mol. The van der Waals surface area contributed by atoms with Crippen LogP contribution in [0.2, 0.25) is 0 Å². The molecule has 3 rings (SSSR count). The zero-order valence-corrected chi connectivity index (χ0v) is 14.0. The number of aromatic amines is 1. The number of rotatable bonds is 3. The summed E-state index contributed by atoms with van der Waals surface area (Å²) >= 11 is 0. The average Bonchev–Trinajstić information content (AvgIpc) is 3.03. The summed E-state index contributed by atoms with van der Waals surface area (Å²) in [5.41, 5.74) is 2.37. The van der Waals surface area contributed by atoms with Crippen LogP contribution in [0.3, 0.4) is 0 Å². The van der Waals surface area contributed by atoms with Crippen LogP contribution in [0.1, 0.15) is 36.5 Å². The van der Waals surface area contributed by atoms with E-state index >= 15 is 0 Å². The molecule has 0 saturated heterocycles. The van der Waals surface area contributed by atoms with Crippen LogP contribution in [0.25, 0.3) is 16.9 Å². The van der Waals surface area contributed by atoms with Gasteiger partial charge in [-0.3, -0.25) is 9.89 Å². The molecule has 0 amide bonds. The van der Waals surface area contributed by atoms with E-state index in [1.165, 1.54) is 17.8 Å². The van der Waals surface area contributed by atoms with E-state index in [-0.39, 0.29) is 22.7 Å². The fraction of sp³-hybridized carbons (Fsp3) is 0.222. The minimum absolute atomic E-state index is 0.0811. The van der Waals surface area contributed by atoms with Gasteiger partial charge in [0.25, 0.3) is 5.56 Å². The Hall–Kier alpha value is -3.58. The molecule has 0 fully saturated rings. The van der Waals surface area contributed by atoms with Crippen molar-refractivity contribution < 1.29 is 4.74 Å². The van der Waals surface area contributed by atoms with E-state index in [9.17, 15) is 10.1 Å². The second-order valence-corrected chi connectivity index (χ2v) is 5.82. The summed E-state index contributed by atoms with van der Waals surface area (Å²) in [6.45, 7) is 3.81. The van der Waals surface area contributed by atoms with E-state index in [0.29, 0.717) is 28.1 Å². The van der Waals surface area contributed by atoms with E-state index in [0.717, 1.165) is 0 Å². The molecule has 3 aromatic rings. The van der Waals surface area contributed by atoms with Gasteiger partial charge in [-0.1, -0.05) is 19.9 Å². The first-order valence-corrected chi connectivity index (χ1v) is 7.64. The number of methoxy groups -OCH3 is 1. The monoisotopic (exact) mass is 333 g/mol. The van der Waals surface area contributed by atoms with Crippen LogP contribution in [0.5, 0.6) is 5.75 Å². The lowest BCUT2D eigenvalue weighted by Gasteiger charge is -2.13. The van der Waals surface area contributed by atoms with Crippen molar-refractivity contribution in [3.05, 3.63) is 51.4 Å². The van der Waals surface area contributed by atoms with Crippen molar-refractivity contribution in [2.45, 2.75) is 19.8 Å². The summed E-state index contributed by atoms with van der Waals surface area (Å²) in [5.74, 6) is 0.327. The summed E-state index contributed by atoms with van der Waals surface area (Å²) in [5, 5.41) is 21.1. The molecule has 0 saturated carbocycles. The van der Waals surface area contributed by atoms with E-state index in [1.807, 2.05) is 19.9 Å². The van der Waals surface area contributed by atoms with Gasteiger partial charge in [-0.25, -0.2) is 9.50 Å². The third-order valence-corrected chi connectivity index (χ3v) is 3.99. The van der Waals surface area contributed by atoms with Gasteiger partial charge in [0.05, 0.1) is 18.4 Å². The number of benzene rings is 1. The quantitative estimate of drug-likeness (QED) is 0.792. The summed E-state index contributed by atoms with van der Waals surface area (Å²) in [4.78, 5) is 17.4. The minimum Gasteiger partial charge on any atom is -0.495 e. The van der Waals surface area contributed by atoms with Crippen molar-refractivity contribution in [2.75, 3.05) is 7.11 Å². The number of nitrogens with one attached hydrogen (secondary N) is 1. The van der Waals surface area contributed by atoms with Crippen molar-refractivity contribution >= 4 is 5.65 Å². The molecule has 124 valence electrons. The van der Waals surface area contributed by atoms with E-state index in [4.69, 9.17) is 10.00 Å². The maximum atomic E-state index is 12.9. The molecule has 7 nitrogen and oxygen atoms in total. The summed E-state index contributed by atoms with van der Waals surface area (Å²) in [7, 11) is 1.48. The lowest BCUT2D eigenvalue weighted by atomic mass is 9.97. The molecule has 2 aromatic heterocycles. The molecule has 0 atom stereocenters. The molecule has 1 aromatic carbocycles. The van der Waals surface area contributed by atoms with Crippen LogP contribution in [0, 0.1) is 22.7 Å². The number of nitriles is 2. The third kappa shape index (κ3) is 2.52. The Morgan fingerprint density at radius 2 is 1.96 bits per heavy atom. The van der Waals surface area contributed by atoms with Gasteiger partial charge in [0.15, 0.2) is 5.65 Å². The number of ether oxygens (including phenoxy) is 1. The van der Waals surface area contributed by atoms with Gasteiger partial charge in [0, 0.05) is 17.3 Å². The predicted octanol–water partition coefficient (Wildman–Crippen LogP) is 2.56. The molecule has 1 N–H and O–H groups in total. The fourth-order valence-electron chi connectivity index (χ4n) is 2.78. The number of fused-ring (bicyclic) bond motifs is 1. The van der Waals surface area contributed by atoms with Crippen molar-refractivity contribution in [1.82, 2.24) is 14.6 Å². The molecular formula is C18H15N5O2. The second-order valence-electron chi connectivity index (χ2n) is 5.82. The maximum Gasteiger partial charge on any atom is 0.276 e. The summed E-state index contributed by atoms with van der Waals surface area (Å²) in [6.07, 6.45) is 1.46. The Kier molecular flexibility index (Phi) is 4.00. The van der Waals surface area contributed by atoms with Crippen LogP contribution in [-0.2, 0) is 0 Å². The normalized spacial score (nSPS) is 10.6.